The zero-order valence-electron chi connectivity index (χ0n) is 21.7. The molecule has 0 spiro atoms. The molecule has 0 bridgehead atoms. The van der Waals surface area contributed by atoms with Crippen molar-refractivity contribution < 1.29 is 29.6 Å². The van der Waals surface area contributed by atoms with Crippen molar-refractivity contribution >= 4 is 5.97 Å². The van der Waals surface area contributed by atoms with Gasteiger partial charge in [0.15, 0.2) is 11.5 Å². The summed E-state index contributed by atoms with van der Waals surface area (Å²) in [6.07, 6.45) is 1.93. The van der Waals surface area contributed by atoms with Gasteiger partial charge in [0.05, 0.1) is 24.8 Å². The third-order valence-electron chi connectivity index (χ3n) is 6.53. The summed E-state index contributed by atoms with van der Waals surface area (Å²) in [4.78, 5) is 30.3. The summed E-state index contributed by atoms with van der Waals surface area (Å²) < 4.78 is 12.2. The molecule has 9 nitrogen and oxygen atoms in total. The quantitative estimate of drug-likeness (QED) is 0.206. The minimum absolute atomic E-state index is 0.0849. The lowest BCUT2D eigenvalue weighted by Crippen LogP contribution is -2.29. The molecule has 0 amide bonds. The van der Waals surface area contributed by atoms with Gasteiger partial charge < -0.3 is 29.4 Å². The molecular formula is C30H30N2O7. The van der Waals surface area contributed by atoms with Gasteiger partial charge in [0, 0.05) is 24.4 Å². The first kappa shape index (κ1) is 27.3. The van der Waals surface area contributed by atoms with Crippen LogP contribution in [0.3, 0.4) is 0 Å². The van der Waals surface area contributed by atoms with Gasteiger partial charge in [-0.05, 0) is 66.9 Å². The Morgan fingerprint density at radius 2 is 1.74 bits per heavy atom. The molecule has 0 unspecified atom stereocenters. The summed E-state index contributed by atoms with van der Waals surface area (Å²) in [7, 11) is 1.27. The standard InChI is InChI=1S/C30H30N2O7/c1-19-15-27(35)29(30(37)32(19)14-12-20-6-11-25(33)26(34)16-20)24(17-28(36)38-2)21-7-9-23(10-8-21)39-18-22-5-3-4-13-31-22/h3-11,13,15-16,24,33-35H,12,14,17-18H2,1-2H3/t24-/m1/s1. The molecule has 2 aromatic heterocycles. The van der Waals surface area contributed by atoms with Crippen molar-refractivity contribution in [3.63, 3.8) is 0 Å². The summed E-state index contributed by atoms with van der Waals surface area (Å²) in [6, 6.07) is 18.5. The first-order valence-electron chi connectivity index (χ1n) is 12.4. The van der Waals surface area contributed by atoms with Gasteiger partial charge in [-0.2, -0.15) is 0 Å². The number of methoxy groups -OCH3 is 1. The van der Waals surface area contributed by atoms with Crippen LogP contribution in [-0.2, 0) is 29.1 Å². The average molecular weight is 531 g/mol. The molecule has 9 heteroatoms. The number of rotatable bonds is 10. The molecule has 0 saturated carbocycles. The molecule has 2 heterocycles. The molecule has 2 aromatic carbocycles. The zero-order chi connectivity index (χ0) is 27.9. The number of pyridine rings is 2. The first-order valence-corrected chi connectivity index (χ1v) is 12.4. The van der Waals surface area contributed by atoms with E-state index < -0.39 is 17.4 Å². The number of aryl methyl sites for hydroxylation is 2. The number of aromatic nitrogens is 2. The van der Waals surface area contributed by atoms with E-state index in [2.05, 4.69) is 4.98 Å². The molecule has 202 valence electrons. The van der Waals surface area contributed by atoms with Crippen LogP contribution >= 0.6 is 0 Å². The highest BCUT2D eigenvalue weighted by Crippen LogP contribution is 2.33. The fraction of sp³-hybridized carbons (Fsp3) is 0.233. The molecule has 1 atom stereocenters. The molecule has 0 aliphatic carbocycles. The van der Waals surface area contributed by atoms with Crippen molar-refractivity contribution in [2.45, 2.75) is 38.8 Å². The number of aromatic hydroxyl groups is 3. The van der Waals surface area contributed by atoms with Crippen molar-refractivity contribution in [2.24, 2.45) is 0 Å². The van der Waals surface area contributed by atoms with E-state index in [1.165, 1.54) is 29.9 Å². The Hall–Kier alpha value is -4.79. The molecule has 4 aromatic rings. The van der Waals surface area contributed by atoms with Crippen molar-refractivity contribution in [2.75, 3.05) is 7.11 Å². The number of carbonyl (C=O) groups excluding carboxylic acids is 1. The highest BCUT2D eigenvalue weighted by Gasteiger charge is 2.26. The van der Waals surface area contributed by atoms with Crippen LogP contribution in [0.1, 0.15) is 40.4 Å². The SMILES string of the molecule is COC(=O)C[C@H](c1ccc(OCc2ccccn2)cc1)c1c(O)cc(C)n(CCc2ccc(O)c(O)c2)c1=O. The molecule has 4 rings (SSSR count). The van der Waals surface area contributed by atoms with Gasteiger partial charge in [-0.25, -0.2) is 0 Å². The maximum atomic E-state index is 13.7. The minimum atomic E-state index is -0.764. The van der Waals surface area contributed by atoms with Crippen LogP contribution in [0.4, 0.5) is 0 Å². The smallest absolute Gasteiger partial charge is 0.306 e. The average Bonchev–Trinajstić information content (AvgIpc) is 2.93. The Labute approximate surface area is 225 Å². The Morgan fingerprint density at radius 3 is 2.41 bits per heavy atom. The number of phenolic OH excluding ortho intramolecular Hbond substituents is 2. The highest BCUT2D eigenvalue weighted by atomic mass is 16.5. The van der Waals surface area contributed by atoms with Crippen LogP contribution in [0.25, 0.3) is 0 Å². The van der Waals surface area contributed by atoms with Gasteiger partial charge in [-0.3, -0.25) is 14.6 Å². The first-order chi connectivity index (χ1) is 18.8. The summed E-state index contributed by atoms with van der Waals surface area (Å²) in [5, 5.41) is 30.2. The normalized spacial score (nSPS) is 11.6. The van der Waals surface area contributed by atoms with E-state index in [4.69, 9.17) is 9.47 Å². The molecule has 3 N–H and O–H groups in total. The largest absolute Gasteiger partial charge is 0.507 e. The highest BCUT2D eigenvalue weighted by molar-refractivity contribution is 5.71. The lowest BCUT2D eigenvalue weighted by molar-refractivity contribution is -0.140. The zero-order valence-corrected chi connectivity index (χ0v) is 21.7. The van der Waals surface area contributed by atoms with E-state index in [1.54, 1.807) is 43.5 Å². The van der Waals surface area contributed by atoms with Crippen molar-refractivity contribution in [3.8, 4) is 23.0 Å². The topological polar surface area (TPSA) is 131 Å². The van der Waals surface area contributed by atoms with E-state index in [9.17, 15) is 24.9 Å². The molecule has 0 fully saturated rings. The molecule has 39 heavy (non-hydrogen) atoms. The van der Waals surface area contributed by atoms with Crippen LogP contribution in [0.2, 0.25) is 0 Å². The second-order valence-corrected chi connectivity index (χ2v) is 9.13. The van der Waals surface area contributed by atoms with Crippen LogP contribution in [0.5, 0.6) is 23.0 Å². The number of esters is 1. The Balaban J connectivity index is 1.63. The number of benzene rings is 2. The van der Waals surface area contributed by atoms with E-state index in [1.807, 2.05) is 18.2 Å². The van der Waals surface area contributed by atoms with Gasteiger partial charge in [-0.15, -0.1) is 0 Å². The Morgan fingerprint density at radius 1 is 0.974 bits per heavy atom. The fourth-order valence-corrected chi connectivity index (χ4v) is 4.41. The van der Waals surface area contributed by atoms with Gasteiger partial charge in [0.25, 0.3) is 5.56 Å². The third kappa shape index (κ3) is 6.56. The summed E-state index contributed by atoms with van der Waals surface area (Å²) in [5.41, 5.74) is 2.33. The van der Waals surface area contributed by atoms with Crippen molar-refractivity contribution in [1.29, 1.82) is 0 Å². The third-order valence-corrected chi connectivity index (χ3v) is 6.53. The van der Waals surface area contributed by atoms with E-state index in [-0.39, 0.29) is 42.4 Å². The summed E-state index contributed by atoms with van der Waals surface area (Å²) in [5.74, 6) is -1.38. The fourth-order valence-electron chi connectivity index (χ4n) is 4.41. The number of hydrogen-bond acceptors (Lipinski definition) is 8. The summed E-state index contributed by atoms with van der Waals surface area (Å²) in [6.45, 7) is 2.25. The van der Waals surface area contributed by atoms with E-state index in [0.29, 0.717) is 23.4 Å². The lowest BCUT2D eigenvalue weighted by Gasteiger charge is -2.21. The van der Waals surface area contributed by atoms with Crippen LogP contribution in [0, 0.1) is 6.92 Å². The van der Waals surface area contributed by atoms with Crippen molar-refractivity contribution in [3.05, 3.63) is 111 Å². The number of hydrogen-bond donors (Lipinski definition) is 3. The van der Waals surface area contributed by atoms with Gasteiger partial charge >= 0.3 is 5.97 Å². The number of phenols is 2. The maximum absolute atomic E-state index is 13.7. The minimum Gasteiger partial charge on any atom is -0.507 e. The molecule has 0 aliphatic rings. The maximum Gasteiger partial charge on any atom is 0.306 e. The number of ether oxygens (including phenoxy) is 2. The number of carbonyl (C=O) groups is 1. The van der Waals surface area contributed by atoms with Crippen LogP contribution in [0.15, 0.2) is 77.7 Å². The second kappa shape index (κ2) is 12.2. The molecule has 0 radical (unpaired) electrons. The molecule has 0 saturated heterocycles. The monoisotopic (exact) mass is 530 g/mol. The van der Waals surface area contributed by atoms with Crippen LogP contribution < -0.4 is 10.3 Å². The van der Waals surface area contributed by atoms with E-state index in [0.717, 1.165) is 11.3 Å². The molecular weight excluding hydrogens is 500 g/mol. The molecule has 0 aliphatic heterocycles. The van der Waals surface area contributed by atoms with E-state index >= 15 is 0 Å². The number of nitrogens with zero attached hydrogens (tertiary/aromatic N) is 2. The second-order valence-electron chi connectivity index (χ2n) is 9.13. The Bertz CT molecular complexity index is 1500. The predicted molar refractivity (Wildman–Crippen MR) is 144 cm³/mol. The summed E-state index contributed by atoms with van der Waals surface area (Å²) >= 11 is 0. The predicted octanol–water partition coefficient (Wildman–Crippen LogP) is 4.19. The van der Waals surface area contributed by atoms with Gasteiger partial charge in [0.1, 0.15) is 18.1 Å². The van der Waals surface area contributed by atoms with Gasteiger partial charge in [0.2, 0.25) is 0 Å². The van der Waals surface area contributed by atoms with Gasteiger partial charge in [-0.1, -0.05) is 24.3 Å². The van der Waals surface area contributed by atoms with Crippen molar-refractivity contribution in [1.82, 2.24) is 9.55 Å². The lowest BCUT2D eigenvalue weighted by atomic mass is 9.88. The Kier molecular flexibility index (Phi) is 8.50. The van der Waals surface area contributed by atoms with Crippen LogP contribution in [-0.4, -0.2) is 37.9 Å².